The summed E-state index contributed by atoms with van der Waals surface area (Å²) in [5, 5.41) is 14.0. The Bertz CT molecular complexity index is 747. The van der Waals surface area contributed by atoms with Gasteiger partial charge in [0.25, 0.3) is 0 Å². The third-order valence-electron chi connectivity index (χ3n) is 3.04. The van der Waals surface area contributed by atoms with Gasteiger partial charge in [0.05, 0.1) is 6.61 Å². The van der Waals surface area contributed by atoms with Gasteiger partial charge in [0.15, 0.2) is 5.82 Å². The van der Waals surface area contributed by atoms with Gasteiger partial charge in [0, 0.05) is 12.0 Å². The van der Waals surface area contributed by atoms with E-state index < -0.39 is 0 Å². The molecule has 0 atom stereocenters. The van der Waals surface area contributed by atoms with Crippen molar-refractivity contribution in [3.8, 4) is 16.3 Å². The minimum absolute atomic E-state index is 0.531. The predicted octanol–water partition coefficient (Wildman–Crippen LogP) is 3.45. The normalized spacial score (nSPS) is 11.4. The minimum Gasteiger partial charge on any atom is -0.494 e. The number of rotatable bonds is 5. The Labute approximate surface area is 127 Å². The number of fused-ring (bicyclic) bond motifs is 1. The molecule has 3 rings (SSSR count). The highest BCUT2D eigenvalue weighted by Gasteiger charge is 2.14. The van der Waals surface area contributed by atoms with Crippen molar-refractivity contribution in [2.45, 2.75) is 27.2 Å². The van der Waals surface area contributed by atoms with Gasteiger partial charge < -0.3 is 4.74 Å². The van der Waals surface area contributed by atoms with Gasteiger partial charge in [-0.3, -0.25) is 0 Å². The van der Waals surface area contributed by atoms with Crippen LogP contribution in [0.4, 0.5) is 0 Å². The highest BCUT2D eigenvalue weighted by Crippen LogP contribution is 2.28. The summed E-state index contributed by atoms with van der Waals surface area (Å²) in [6.07, 6.45) is 0.878. The van der Waals surface area contributed by atoms with E-state index in [2.05, 4.69) is 29.1 Å². The van der Waals surface area contributed by atoms with Crippen LogP contribution in [0, 0.1) is 5.92 Å². The molecule has 6 heteroatoms. The molecule has 21 heavy (non-hydrogen) atoms. The highest BCUT2D eigenvalue weighted by atomic mass is 32.1. The standard InChI is InChI=1S/C15H18N4OS/c1-4-20-12-7-5-6-11(9-12)14-18-19-13(8-10(2)3)16-17-15(19)21-14/h5-7,9-10H,4,8H2,1-3H3. The molecule has 110 valence electrons. The number of benzene rings is 1. The van der Waals surface area contributed by atoms with Crippen molar-refractivity contribution < 1.29 is 4.74 Å². The molecule has 0 radical (unpaired) electrons. The van der Waals surface area contributed by atoms with E-state index in [9.17, 15) is 0 Å². The van der Waals surface area contributed by atoms with E-state index in [0.29, 0.717) is 12.5 Å². The molecule has 0 N–H and O–H groups in total. The topological polar surface area (TPSA) is 52.3 Å². The second-order valence-electron chi connectivity index (χ2n) is 5.28. The summed E-state index contributed by atoms with van der Waals surface area (Å²) < 4.78 is 7.40. The second kappa shape index (κ2) is 5.81. The van der Waals surface area contributed by atoms with Crippen LogP contribution < -0.4 is 4.74 Å². The third kappa shape index (κ3) is 2.90. The largest absolute Gasteiger partial charge is 0.494 e. The van der Waals surface area contributed by atoms with Crippen molar-refractivity contribution in [3.05, 3.63) is 30.1 Å². The van der Waals surface area contributed by atoms with Crippen LogP contribution in [0.5, 0.6) is 5.75 Å². The fourth-order valence-corrected chi connectivity index (χ4v) is 3.01. The number of aromatic nitrogens is 4. The van der Waals surface area contributed by atoms with Crippen LogP contribution in [0.1, 0.15) is 26.6 Å². The first kappa shape index (κ1) is 14.0. The monoisotopic (exact) mass is 302 g/mol. The van der Waals surface area contributed by atoms with Crippen molar-refractivity contribution in [3.63, 3.8) is 0 Å². The molecular weight excluding hydrogens is 284 g/mol. The Hall–Kier alpha value is -1.95. The number of hydrogen-bond acceptors (Lipinski definition) is 5. The zero-order valence-electron chi connectivity index (χ0n) is 12.4. The molecule has 0 bridgehead atoms. The van der Waals surface area contributed by atoms with Gasteiger partial charge in [0.2, 0.25) is 4.96 Å². The molecule has 0 aliphatic rings. The summed E-state index contributed by atoms with van der Waals surface area (Å²) in [7, 11) is 0. The third-order valence-corrected chi connectivity index (χ3v) is 3.99. The van der Waals surface area contributed by atoms with Crippen molar-refractivity contribution in [2.75, 3.05) is 6.61 Å². The Morgan fingerprint density at radius 2 is 2.14 bits per heavy atom. The van der Waals surface area contributed by atoms with Gasteiger partial charge in [-0.05, 0) is 25.0 Å². The molecule has 0 spiro atoms. The van der Waals surface area contributed by atoms with E-state index in [1.165, 1.54) is 0 Å². The summed E-state index contributed by atoms with van der Waals surface area (Å²) in [5.74, 6) is 2.32. The molecule has 3 aromatic rings. The summed E-state index contributed by atoms with van der Waals surface area (Å²) in [6.45, 7) is 6.97. The van der Waals surface area contributed by atoms with Gasteiger partial charge in [-0.25, -0.2) is 0 Å². The maximum Gasteiger partial charge on any atom is 0.234 e. The molecule has 0 unspecified atom stereocenters. The molecule has 0 fully saturated rings. The summed E-state index contributed by atoms with van der Waals surface area (Å²) >= 11 is 1.55. The van der Waals surface area contributed by atoms with E-state index in [-0.39, 0.29) is 0 Å². The summed E-state index contributed by atoms with van der Waals surface area (Å²) in [4.78, 5) is 0.836. The number of nitrogens with zero attached hydrogens (tertiary/aromatic N) is 4. The Morgan fingerprint density at radius 3 is 2.90 bits per heavy atom. The second-order valence-corrected chi connectivity index (χ2v) is 6.23. The van der Waals surface area contributed by atoms with Gasteiger partial charge in [-0.1, -0.05) is 37.3 Å². The van der Waals surface area contributed by atoms with Crippen molar-refractivity contribution in [2.24, 2.45) is 5.92 Å². The maximum absolute atomic E-state index is 5.54. The van der Waals surface area contributed by atoms with Crippen LogP contribution in [-0.4, -0.2) is 26.4 Å². The quantitative estimate of drug-likeness (QED) is 0.724. The molecule has 0 amide bonds. The van der Waals surface area contributed by atoms with E-state index in [1.807, 2.05) is 35.7 Å². The average molecular weight is 302 g/mol. The first-order valence-corrected chi connectivity index (χ1v) is 7.93. The molecule has 0 saturated carbocycles. The molecule has 0 aliphatic carbocycles. The molecular formula is C15H18N4OS. The van der Waals surface area contributed by atoms with Gasteiger partial charge >= 0.3 is 0 Å². The van der Waals surface area contributed by atoms with Gasteiger partial charge in [-0.2, -0.15) is 9.61 Å². The van der Waals surface area contributed by atoms with Crippen LogP contribution in [0.15, 0.2) is 24.3 Å². The molecule has 0 saturated heterocycles. The van der Waals surface area contributed by atoms with Crippen LogP contribution in [0.2, 0.25) is 0 Å². The van der Waals surface area contributed by atoms with E-state index in [1.54, 1.807) is 11.3 Å². The Morgan fingerprint density at radius 1 is 1.29 bits per heavy atom. The smallest absolute Gasteiger partial charge is 0.234 e. The Kier molecular flexibility index (Phi) is 3.88. The number of ether oxygens (including phenoxy) is 1. The fraction of sp³-hybridized carbons (Fsp3) is 0.400. The number of hydrogen-bond donors (Lipinski definition) is 0. The minimum atomic E-state index is 0.531. The van der Waals surface area contributed by atoms with Crippen LogP contribution >= 0.6 is 11.3 Å². The SMILES string of the molecule is CCOc1cccc(-c2nn3c(CC(C)C)nnc3s2)c1. The average Bonchev–Trinajstić information content (AvgIpc) is 3.01. The van der Waals surface area contributed by atoms with E-state index in [0.717, 1.165) is 33.5 Å². The zero-order chi connectivity index (χ0) is 14.8. The van der Waals surface area contributed by atoms with E-state index >= 15 is 0 Å². The summed E-state index contributed by atoms with van der Waals surface area (Å²) in [5.41, 5.74) is 1.05. The fourth-order valence-electron chi connectivity index (χ4n) is 2.15. The zero-order valence-corrected chi connectivity index (χ0v) is 13.2. The van der Waals surface area contributed by atoms with Crippen LogP contribution in [0.3, 0.4) is 0 Å². The lowest BCUT2D eigenvalue weighted by atomic mass is 10.1. The lowest BCUT2D eigenvalue weighted by Gasteiger charge is -2.03. The van der Waals surface area contributed by atoms with Crippen LogP contribution in [0.25, 0.3) is 15.5 Å². The maximum atomic E-state index is 5.54. The molecule has 2 heterocycles. The van der Waals surface area contributed by atoms with Crippen molar-refractivity contribution in [1.82, 2.24) is 19.8 Å². The van der Waals surface area contributed by atoms with E-state index in [4.69, 9.17) is 4.74 Å². The molecule has 5 nitrogen and oxygen atoms in total. The van der Waals surface area contributed by atoms with Gasteiger partial charge in [0.1, 0.15) is 10.8 Å². The lowest BCUT2D eigenvalue weighted by molar-refractivity contribution is 0.340. The highest BCUT2D eigenvalue weighted by molar-refractivity contribution is 7.19. The van der Waals surface area contributed by atoms with Gasteiger partial charge in [-0.15, -0.1) is 10.2 Å². The molecule has 0 aliphatic heterocycles. The van der Waals surface area contributed by atoms with Crippen LogP contribution in [-0.2, 0) is 6.42 Å². The van der Waals surface area contributed by atoms with Crippen molar-refractivity contribution in [1.29, 1.82) is 0 Å². The Balaban J connectivity index is 1.97. The first-order valence-electron chi connectivity index (χ1n) is 7.11. The first-order chi connectivity index (χ1) is 10.2. The lowest BCUT2D eigenvalue weighted by Crippen LogP contribution is -2.01. The summed E-state index contributed by atoms with van der Waals surface area (Å²) in [6, 6.07) is 7.99. The molecule has 1 aromatic carbocycles. The predicted molar refractivity (Wildman–Crippen MR) is 83.8 cm³/mol. The van der Waals surface area contributed by atoms with Crippen molar-refractivity contribution >= 4 is 16.3 Å². The molecule has 2 aromatic heterocycles.